The van der Waals surface area contributed by atoms with E-state index in [1.165, 1.54) is 44.2 Å². The molecule has 2 fully saturated rings. The van der Waals surface area contributed by atoms with Gasteiger partial charge in [0, 0.05) is 12.1 Å². The molecule has 1 aliphatic heterocycles. The van der Waals surface area contributed by atoms with E-state index in [4.69, 9.17) is 5.73 Å². The van der Waals surface area contributed by atoms with Gasteiger partial charge in [-0.15, -0.1) is 0 Å². The van der Waals surface area contributed by atoms with Gasteiger partial charge in [-0.3, -0.25) is 4.90 Å². The lowest BCUT2D eigenvalue weighted by Gasteiger charge is -2.35. The van der Waals surface area contributed by atoms with Crippen molar-refractivity contribution in [2.45, 2.75) is 51.1 Å². The van der Waals surface area contributed by atoms with E-state index in [-0.39, 0.29) is 5.82 Å². The molecule has 2 aliphatic rings. The van der Waals surface area contributed by atoms with E-state index >= 15 is 0 Å². The highest BCUT2D eigenvalue weighted by molar-refractivity contribution is 5.28. The smallest absolute Gasteiger partial charge is 0.126 e. The summed E-state index contributed by atoms with van der Waals surface area (Å²) in [6.07, 6.45) is 6.36. The Balaban J connectivity index is 1.95. The zero-order chi connectivity index (χ0) is 14.1. The molecule has 0 radical (unpaired) electrons. The van der Waals surface area contributed by atoms with Gasteiger partial charge in [-0.25, -0.2) is 4.39 Å². The first kappa shape index (κ1) is 14.0. The first-order chi connectivity index (χ1) is 9.70. The third kappa shape index (κ3) is 2.75. The van der Waals surface area contributed by atoms with Crippen LogP contribution in [-0.2, 0) is 0 Å². The van der Waals surface area contributed by atoms with E-state index in [9.17, 15) is 4.39 Å². The Bertz CT molecular complexity index is 470. The zero-order valence-electron chi connectivity index (χ0n) is 12.3. The molecule has 3 heteroatoms. The third-order valence-electron chi connectivity index (χ3n) is 4.89. The molecule has 1 aromatic carbocycles. The average molecular weight is 276 g/mol. The third-order valence-corrected chi connectivity index (χ3v) is 4.89. The van der Waals surface area contributed by atoms with Gasteiger partial charge in [-0.05, 0) is 68.8 Å². The number of rotatable bonds is 3. The van der Waals surface area contributed by atoms with Crippen molar-refractivity contribution in [2.75, 3.05) is 13.1 Å². The molecule has 110 valence electrons. The molecular weight excluding hydrogens is 251 g/mol. The molecule has 1 aromatic rings. The highest BCUT2D eigenvalue weighted by atomic mass is 19.1. The second-order valence-electron chi connectivity index (χ2n) is 6.41. The molecule has 2 atom stereocenters. The van der Waals surface area contributed by atoms with Crippen molar-refractivity contribution >= 4 is 0 Å². The summed E-state index contributed by atoms with van der Waals surface area (Å²) in [6.45, 7) is 3.75. The number of halogens is 1. The van der Waals surface area contributed by atoms with Gasteiger partial charge in [0.05, 0.1) is 0 Å². The molecule has 1 aliphatic carbocycles. The standard InChI is InChI=1S/C17H25FN2/c1-12-10-13(5-8-16(12)18)17-14(11-19)4-2-3-9-20(17)15-6-7-15/h5,8,10,14-15,17H,2-4,6-7,9,11,19H2,1H3. The maximum absolute atomic E-state index is 13.6. The summed E-state index contributed by atoms with van der Waals surface area (Å²) in [5.41, 5.74) is 8.06. The second kappa shape index (κ2) is 5.82. The number of nitrogens with two attached hydrogens (primary N) is 1. The van der Waals surface area contributed by atoms with Crippen molar-refractivity contribution in [3.05, 3.63) is 35.1 Å². The summed E-state index contributed by atoms with van der Waals surface area (Å²) in [7, 11) is 0. The molecule has 0 spiro atoms. The largest absolute Gasteiger partial charge is 0.330 e. The minimum atomic E-state index is -0.107. The summed E-state index contributed by atoms with van der Waals surface area (Å²) in [5.74, 6) is 0.396. The number of nitrogens with zero attached hydrogens (tertiary/aromatic N) is 1. The van der Waals surface area contributed by atoms with E-state index in [0.29, 0.717) is 12.0 Å². The Labute approximate surface area is 121 Å². The van der Waals surface area contributed by atoms with Crippen molar-refractivity contribution < 1.29 is 4.39 Å². The van der Waals surface area contributed by atoms with Crippen LogP contribution < -0.4 is 5.73 Å². The van der Waals surface area contributed by atoms with Crippen LogP contribution in [0.2, 0.25) is 0 Å². The quantitative estimate of drug-likeness (QED) is 0.917. The van der Waals surface area contributed by atoms with Gasteiger partial charge in [-0.1, -0.05) is 18.6 Å². The molecule has 1 saturated heterocycles. The van der Waals surface area contributed by atoms with Crippen LogP contribution in [0.4, 0.5) is 4.39 Å². The van der Waals surface area contributed by atoms with Gasteiger partial charge in [-0.2, -0.15) is 0 Å². The van der Waals surface area contributed by atoms with E-state index < -0.39 is 0 Å². The van der Waals surface area contributed by atoms with Crippen LogP contribution in [0.25, 0.3) is 0 Å². The van der Waals surface area contributed by atoms with E-state index in [1.54, 1.807) is 6.07 Å². The van der Waals surface area contributed by atoms with Crippen molar-refractivity contribution in [3.8, 4) is 0 Å². The molecule has 1 saturated carbocycles. The molecular formula is C17H25FN2. The minimum Gasteiger partial charge on any atom is -0.330 e. The maximum Gasteiger partial charge on any atom is 0.126 e. The monoisotopic (exact) mass is 276 g/mol. The second-order valence-corrected chi connectivity index (χ2v) is 6.41. The van der Waals surface area contributed by atoms with Gasteiger partial charge in [0.1, 0.15) is 5.82 Å². The average Bonchev–Trinajstić information content (AvgIpc) is 3.26. The Morgan fingerprint density at radius 2 is 2.05 bits per heavy atom. The van der Waals surface area contributed by atoms with E-state index in [1.807, 2.05) is 19.1 Å². The minimum absolute atomic E-state index is 0.107. The number of hydrogen-bond donors (Lipinski definition) is 1. The summed E-state index contributed by atoms with van der Waals surface area (Å²) in [5, 5.41) is 0. The summed E-state index contributed by atoms with van der Waals surface area (Å²) >= 11 is 0. The van der Waals surface area contributed by atoms with E-state index in [2.05, 4.69) is 4.90 Å². The summed E-state index contributed by atoms with van der Waals surface area (Å²) in [4.78, 5) is 2.65. The molecule has 0 aromatic heterocycles. The van der Waals surface area contributed by atoms with Gasteiger partial charge in [0.2, 0.25) is 0 Å². The lowest BCUT2D eigenvalue weighted by Crippen LogP contribution is -2.37. The fraction of sp³-hybridized carbons (Fsp3) is 0.647. The zero-order valence-corrected chi connectivity index (χ0v) is 12.3. The van der Waals surface area contributed by atoms with Crippen LogP contribution in [0, 0.1) is 18.7 Å². The first-order valence-electron chi connectivity index (χ1n) is 7.92. The number of hydrogen-bond acceptors (Lipinski definition) is 2. The molecule has 2 unspecified atom stereocenters. The van der Waals surface area contributed by atoms with Crippen molar-refractivity contribution in [3.63, 3.8) is 0 Å². The van der Waals surface area contributed by atoms with Crippen molar-refractivity contribution in [2.24, 2.45) is 11.7 Å². The molecule has 0 bridgehead atoms. The predicted molar refractivity (Wildman–Crippen MR) is 80.0 cm³/mol. The Morgan fingerprint density at radius 1 is 1.25 bits per heavy atom. The van der Waals surface area contributed by atoms with Crippen LogP contribution in [0.5, 0.6) is 0 Å². The van der Waals surface area contributed by atoms with Crippen LogP contribution in [0.3, 0.4) is 0 Å². The first-order valence-corrected chi connectivity index (χ1v) is 7.92. The Kier molecular flexibility index (Phi) is 4.08. The summed E-state index contributed by atoms with van der Waals surface area (Å²) < 4.78 is 13.6. The normalized spacial score (nSPS) is 28.4. The number of likely N-dealkylation sites (tertiary alicyclic amines) is 1. The summed E-state index contributed by atoms with van der Waals surface area (Å²) in [6, 6.07) is 6.74. The molecule has 20 heavy (non-hydrogen) atoms. The fourth-order valence-corrected chi connectivity index (χ4v) is 3.65. The number of aryl methyl sites for hydroxylation is 1. The van der Waals surface area contributed by atoms with Crippen LogP contribution >= 0.6 is 0 Å². The topological polar surface area (TPSA) is 29.3 Å². The number of benzene rings is 1. The SMILES string of the molecule is Cc1cc(C2C(CN)CCCCN2C2CC2)ccc1F. The maximum atomic E-state index is 13.6. The lowest BCUT2D eigenvalue weighted by atomic mass is 9.88. The van der Waals surface area contributed by atoms with Crippen LogP contribution in [0.1, 0.15) is 49.3 Å². The molecule has 1 heterocycles. The highest BCUT2D eigenvalue weighted by Gasteiger charge is 2.38. The van der Waals surface area contributed by atoms with Gasteiger partial charge in [0.25, 0.3) is 0 Å². The predicted octanol–water partition coefficient (Wildman–Crippen LogP) is 3.40. The van der Waals surface area contributed by atoms with Crippen molar-refractivity contribution in [1.82, 2.24) is 4.90 Å². The Hall–Kier alpha value is -0.930. The lowest BCUT2D eigenvalue weighted by molar-refractivity contribution is 0.149. The molecule has 2 N–H and O–H groups in total. The molecule has 2 nitrogen and oxygen atoms in total. The van der Waals surface area contributed by atoms with Crippen LogP contribution in [0.15, 0.2) is 18.2 Å². The molecule has 0 amide bonds. The van der Waals surface area contributed by atoms with Gasteiger partial charge in [0.15, 0.2) is 0 Å². The van der Waals surface area contributed by atoms with Gasteiger partial charge >= 0.3 is 0 Å². The van der Waals surface area contributed by atoms with E-state index in [0.717, 1.165) is 18.2 Å². The van der Waals surface area contributed by atoms with Gasteiger partial charge < -0.3 is 5.73 Å². The Morgan fingerprint density at radius 3 is 2.70 bits per heavy atom. The highest BCUT2D eigenvalue weighted by Crippen LogP contribution is 2.41. The van der Waals surface area contributed by atoms with Crippen LogP contribution in [-0.4, -0.2) is 24.0 Å². The fourth-order valence-electron chi connectivity index (χ4n) is 3.65. The molecule has 3 rings (SSSR count). The van der Waals surface area contributed by atoms with Crippen molar-refractivity contribution in [1.29, 1.82) is 0 Å².